The van der Waals surface area contributed by atoms with Gasteiger partial charge in [-0.25, -0.2) is 0 Å². The number of anilines is 1. The number of guanidine groups is 1. The summed E-state index contributed by atoms with van der Waals surface area (Å²) < 4.78 is 0. The third-order valence-corrected chi connectivity index (χ3v) is 2.38. The third-order valence-electron chi connectivity index (χ3n) is 2.15. The van der Waals surface area contributed by atoms with E-state index in [1.165, 1.54) is 5.56 Å². The second-order valence-corrected chi connectivity index (χ2v) is 3.61. The molecular weight excluding hydrogens is 200 g/mol. The maximum atomic E-state index is 5.87. The summed E-state index contributed by atoms with van der Waals surface area (Å²) in [4.78, 5) is 0. The minimum absolute atomic E-state index is 0.0767. The van der Waals surface area contributed by atoms with Crippen LogP contribution in [0.1, 0.15) is 5.56 Å². The minimum atomic E-state index is 0.0767. The van der Waals surface area contributed by atoms with Crippen molar-refractivity contribution in [3.63, 3.8) is 0 Å². The first kappa shape index (κ1) is 9.15. The first-order valence-electron chi connectivity index (χ1n) is 4.32. The maximum Gasteiger partial charge on any atom is 0.209 e. The van der Waals surface area contributed by atoms with Crippen molar-refractivity contribution < 1.29 is 0 Å². The van der Waals surface area contributed by atoms with Crippen LogP contribution in [-0.4, -0.2) is 12.5 Å². The summed E-state index contributed by atoms with van der Waals surface area (Å²) in [6.45, 7) is 0.799. The van der Waals surface area contributed by atoms with Gasteiger partial charge < -0.3 is 11.5 Å². The number of halogens is 1. The van der Waals surface area contributed by atoms with Crippen molar-refractivity contribution in [2.24, 2.45) is 16.6 Å². The van der Waals surface area contributed by atoms with E-state index in [9.17, 15) is 0 Å². The van der Waals surface area contributed by atoms with E-state index in [4.69, 9.17) is 23.1 Å². The predicted molar refractivity (Wildman–Crippen MR) is 58.3 cm³/mol. The number of hydrazone groups is 1. The average Bonchev–Trinajstić information content (AvgIpc) is 2.47. The molecule has 0 saturated carbocycles. The standard InChI is InChI=1S/C9H11ClN4/c10-7-1-2-8-6(5-7)3-4-14(8)13-9(11)12/h1-2,5H,3-4H2,(H4,11,12,13). The van der Waals surface area contributed by atoms with Crippen LogP contribution in [0.25, 0.3) is 0 Å². The van der Waals surface area contributed by atoms with Crippen molar-refractivity contribution >= 4 is 23.2 Å². The zero-order valence-corrected chi connectivity index (χ0v) is 8.33. The molecule has 14 heavy (non-hydrogen) atoms. The number of hydrogen-bond acceptors (Lipinski definition) is 2. The molecule has 0 saturated heterocycles. The Morgan fingerprint density at radius 2 is 2.21 bits per heavy atom. The Morgan fingerprint density at radius 3 is 2.93 bits per heavy atom. The molecule has 0 bridgehead atoms. The van der Waals surface area contributed by atoms with E-state index in [0.717, 1.165) is 23.7 Å². The van der Waals surface area contributed by atoms with E-state index in [0.29, 0.717) is 0 Å². The maximum absolute atomic E-state index is 5.87. The highest BCUT2D eigenvalue weighted by molar-refractivity contribution is 6.30. The quantitative estimate of drug-likeness (QED) is 0.535. The molecule has 1 heterocycles. The Labute approximate surface area is 87.1 Å². The number of fused-ring (bicyclic) bond motifs is 1. The van der Waals surface area contributed by atoms with Gasteiger partial charge in [0.25, 0.3) is 0 Å². The lowest BCUT2D eigenvalue weighted by Gasteiger charge is -2.12. The predicted octanol–water partition coefficient (Wildman–Crippen LogP) is 0.891. The lowest BCUT2D eigenvalue weighted by molar-refractivity contribution is 0.888. The van der Waals surface area contributed by atoms with E-state index in [-0.39, 0.29) is 5.96 Å². The van der Waals surface area contributed by atoms with Gasteiger partial charge in [-0.2, -0.15) is 0 Å². The molecule has 0 aromatic heterocycles. The van der Waals surface area contributed by atoms with Gasteiger partial charge in [0.05, 0.1) is 5.69 Å². The Kier molecular flexibility index (Phi) is 2.21. The van der Waals surface area contributed by atoms with Crippen LogP contribution in [0.15, 0.2) is 23.3 Å². The van der Waals surface area contributed by atoms with Crippen LogP contribution >= 0.6 is 11.6 Å². The van der Waals surface area contributed by atoms with E-state index < -0.39 is 0 Å². The second-order valence-electron chi connectivity index (χ2n) is 3.17. The summed E-state index contributed by atoms with van der Waals surface area (Å²) >= 11 is 5.87. The molecule has 1 aliphatic rings. The van der Waals surface area contributed by atoms with Crippen LogP contribution in [0.2, 0.25) is 5.02 Å². The van der Waals surface area contributed by atoms with Crippen LogP contribution in [0.3, 0.4) is 0 Å². The molecule has 1 aromatic rings. The Bertz CT molecular complexity index is 384. The highest BCUT2D eigenvalue weighted by Gasteiger charge is 2.18. The third kappa shape index (κ3) is 1.61. The van der Waals surface area contributed by atoms with Crippen molar-refractivity contribution in [1.29, 1.82) is 0 Å². The number of rotatable bonds is 1. The molecule has 5 heteroatoms. The normalized spacial score (nSPS) is 13.9. The molecule has 0 aliphatic carbocycles. The van der Waals surface area contributed by atoms with Gasteiger partial charge in [0, 0.05) is 11.6 Å². The summed E-state index contributed by atoms with van der Waals surface area (Å²) in [7, 11) is 0. The molecule has 1 aliphatic heterocycles. The molecule has 4 nitrogen and oxygen atoms in total. The topological polar surface area (TPSA) is 67.6 Å². The fraction of sp³-hybridized carbons (Fsp3) is 0.222. The molecule has 1 aromatic carbocycles. The zero-order chi connectivity index (χ0) is 10.1. The summed E-state index contributed by atoms with van der Waals surface area (Å²) in [5.74, 6) is 0.0767. The first-order chi connectivity index (χ1) is 6.66. The zero-order valence-electron chi connectivity index (χ0n) is 7.57. The molecule has 74 valence electrons. The Balaban J connectivity index is 2.36. The molecular formula is C9H11ClN4. The summed E-state index contributed by atoms with van der Waals surface area (Å²) in [6, 6.07) is 5.71. The van der Waals surface area contributed by atoms with Crippen LogP contribution in [0.5, 0.6) is 0 Å². The van der Waals surface area contributed by atoms with Crippen molar-refractivity contribution in [3.8, 4) is 0 Å². The molecule has 2 rings (SSSR count). The number of benzene rings is 1. The van der Waals surface area contributed by atoms with Gasteiger partial charge >= 0.3 is 0 Å². The van der Waals surface area contributed by atoms with Crippen molar-refractivity contribution in [3.05, 3.63) is 28.8 Å². The van der Waals surface area contributed by atoms with Crippen molar-refractivity contribution in [2.75, 3.05) is 11.6 Å². The fourth-order valence-corrected chi connectivity index (χ4v) is 1.79. The first-order valence-corrected chi connectivity index (χ1v) is 4.70. The molecule has 0 atom stereocenters. The van der Waals surface area contributed by atoms with Gasteiger partial charge in [0.2, 0.25) is 5.96 Å². The summed E-state index contributed by atoms with van der Waals surface area (Å²) in [6.07, 6.45) is 0.923. The van der Waals surface area contributed by atoms with Crippen LogP contribution in [-0.2, 0) is 6.42 Å². The van der Waals surface area contributed by atoms with Crippen LogP contribution in [0, 0.1) is 0 Å². The van der Waals surface area contributed by atoms with Gasteiger partial charge in [0.15, 0.2) is 0 Å². The molecule has 0 unspecified atom stereocenters. The highest BCUT2D eigenvalue weighted by atomic mass is 35.5. The number of nitrogens with zero attached hydrogens (tertiary/aromatic N) is 2. The lowest BCUT2D eigenvalue weighted by Crippen LogP contribution is -2.28. The van der Waals surface area contributed by atoms with Gasteiger partial charge in [-0.05, 0) is 30.2 Å². The second kappa shape index (κ2) is 3.38. The average molecular weight is 211 g/mol. The lowest BCUT2D eigenvalue weighted by atomic mass is 10.2. The van der Waals surface area contributed by atoms with E-state index in [2.05, 4.69) is 5.10 Å². The van der Waals surface area contributed by atoms with E-state index in [1.54, 1.807) is 5.01 Å². The smallest absolute Gasteiger partial charge is 0.209 e. The molecule has 0 spiro atoms. The van der Waals surface area contributed by atoms with E-state index >= 15 is 0 Å². The Morgan fingerprint density at radius 1 is 1.43 bits per heavy atom. The highest BCUT2D eigenvalue weighted by Crippen LogP contribution is 2.30. The SMILES string of the molecule is NC(N)=NN1CCc2cc(Cl)ccc21. The van der Waals surface area contributed by atoms with Crippen LogP contribution < -0.4 is 16.5 Å². The monoisotopic (exact) mass is 210 g/mol. The summed E-state index contributed by atoms with van der Waals surface area (Å²) in [5.41, 5.74) is 12.9. The van der Waals surface area contributed by atoms with Gasteiger partial charge in [-0.3, -0.25) is 5.01 Å². The van der Waals surface area contributed by atoms with Gasteiger partial charge in [-0.15, -0.1) is 5.10 Å². The van der Waals surface area contributed by atoms with Crippen molar-refractivity contribution in [2.45, 2.75) is 6.42 Å². The molecule has 0 amide bonds. The van der Waals surface area contributed by atoms with Crippen molar-refractivity contribution in [1.82, 2.24) is 0 Å². The molecule has 4 N–H and O–H groups in total. The number of hydrogen-bond donors (Lipinski definition) is 2. The van der Waals surface area contributed by atoms with Gasteiger partial charge in [-0.1, -0.05) is 11.6 Å². The summed E-state index contributed by atoms with van der Waals surface area (Å²) in [5, 5.41) is 6.55. The number of nitrogens with two attached hydrogens (primary N) is 2. The Hall–Kier alpha value is -1.42. The van der Waals surface area contributed by atoms with Crippen LogP contribution in [0.4, 0.5) is 5.69 Å². The van der Waals surface area contributed by atoms with Gasteiger partial charge in [0.1, 0.15) is 0 Å². The molecule has 0 fully saturated rings. The van der Waals surface area contributed by atoms with E-state index in [1.807, 2.05) is 18.2 Å². The fourth-order valence-electron chi connectivity index (χ4n) is 1.60. The largest absolute Gasteiger partial charge is 0.369 e. The minimum Gasteiger partial charge on any atom is -0.369 e. The molecule has 0 radical (unpaired) electrons.